The first-order valence-electron chi connectivity index (χ1n) is 7.27. The molecule has 0 radical (unpaired) electrons. The molecule has 0 aromatic rings. The molecule has 0 heterocycles. The summed E-state index contributed by atoms with van der Waals surface area (Å²) in [5.74, 6) is 0.784. The largest absolute Gasteiger partial charge is 0.317 e. The van der Waals surface area contributed by atoms with E-state index in [9.17, 15) is 0 Å². The van der Waals surface area contributed by atoms with E-state index in [1.54, 1.807) is 0 Å². The van der Waals surface area contributed by atoms with Gasteiger partial charge in [-0.1, -0.05) is 44.8 Å². The van der Waals surface area contributed by atoms with Crippen LogP contribution in [0.5, 0.6) is 0 Å². The van der Waals surface area contributed by atoms with Crippen molar-refractivity contribution in [2.75, 3.05) is 13.1 Å². The molecule has 1 nitrogen and oxygen atoms in total. The van der Waals surface area contributed by atoms with E-state index in [0.717, 1.165) is 25.3 Å². The van der Waals surface area contributed by atoms with Gasteiger partial charge in [0.05, 0.1) is 0 Å². The molecule has 0 atom stereocenters. The lowest BCUT2D eigenvalue weighted by atomic mass is 9.94. The Kier molecular flexibility index (Phi) is 13.1. The fourth-order valence-electron chi connectivity index (χ4n) is 2.19. The first kappa shape index (κ1) is 16.4. The first-order chi connectivity index (χ1) is 8.35. The van der Waals surface area contributed by atoms with Gasteiger partial charge < -0.3 is 5.32 Å². The van der Waals surface area contributed by atoms with Crippen molar-refractivity contribution < 1.29 is 0 Å². The number of hydrogen-bond acceptors (Lipinski definition) is 1. The van der Waals surface area contributed by atoms with E-state index < -0.39 is 0 Å². The van der Waals surface area contributed by atoms with Gasteiger partial charge in [-0.25, -0.2) is 0 Å². The lowest BCUT2D eigenvalue weighted by Crippen LogP contribution is -2.13. The van der Waals surface area contributed by atoms with Crippen LogP contribution in [0.1, 0.15) is 58.3 Å². The van der Waals surface area contributed by atoms with Crippen molar-refractivity contribution in [1.82, 2.24) is 5.32 Å². The highest BCUT2D eigenvalue weighted by Crippen LogP contribution is 2.18. The van der Waals surface area contributed by atoms with E-state index in [0.29, 0.717) is 0 Å². The van der Waals surface area contributed by atoms with Gasteiger partial charge in [-0.15, -0.1) is 13.2 Å². The molecule has 0 aromatic carbocycles. The Morgan fingerprint density at radius 2 is 1.53 bits per heavy atom. The smallest absolute Gasteiger partial charge is 0.00490 e. The fraction of sp³-hybridized carbons (Fsp3) is 0.750. The van der Waals surface area contributed by atoms with E-state index in [2.05, 4.69) is 25.4 Å². The number of rotatable bonds is 13. The summed E-state index contributed by atoms with van der Waals surface area (Å²) >= 11 is 0. The molecule has 0 aliphatic carbocycles. The van der Waals surface area contributed by atoms with Crippen LogP contribution >= 0.6 is 0 Å². The first-order valence-corrected chi connectivity index (χ1v) is 7.27. The molecule has 0 saturated heterocycles. The second-order valence-corrected chi connectivity index (χ2v) is 4.82. The van der Waals surface area contributed by atoms with E-state index in [1.807, 2.05) is 12.2 Å². The summed E-state index contributed by atoms with van der Waals surface area (Å²) in [6, 6.07) is 0. The highest BCUT2D eigenvalue weighted by atomic mass is 14.8. The number of hydrogen-bond donors (Lipinski definition) is 1. The third-order valence-electron chi connectivity index (χ3n) is 3.22. The van der Waals surface area contributed by atoms with E-state index in [4.69, 9.17) is 0 Å². The van der Waals surface area contributed by atoms with Gasteiger partial charge in [0, 0.05) is 0 Å². The lowest BCUT2D eigenvalue weighted by molar-refractivity contribution is 0.458. The van der Waals surface area contributed by atoms with Gasteiger partial charge in [-0.3, -0.25) is 0 Å². The highest BCUT2D eigenvalue weighted by molar-refractivity contribution is 4.79. The van der Waals surface area contributed by atoms with Crippen molar-refractivity contribution in [1.29, 1.82) is 0 Å². The molecule has 0 aromatic heterocycles. The summed E-state index contributed by atoms with van der Waals surface area (Å²) in [5, 5.41) is 3.37. The summed E-state index contributed by atoms with van der Waals surface area (Å²) in [6.07, 6.45) is 14.6. The number of unbranched alkanes of at least 4 members (excludes halogenated alkanes) is 4. The Bertz CT molecular complexity index is 164. The van der Waals surface area contributed by atoms with Crippen LogP contribution in [-0.2, 0) is 0 Å². The van der Waals surface area contributed by atoms with Crippen molar-refractivity contribution in [3.05, 3.63) is 25.3 Å². The van der Waals surface area contributed by atoms with Crippen molar-refractivity contribution in [2.24, 2.45) is 5.92 Å². The molecule has 17 heavy (non-hydrogen) atoms. The standard InChI is InChI=1S/C16H31N/c1-4-12-16(13-5-2)14-10-8-7-9-11-15-17-6-3/h4-5,16-17H,1-2,6-15H2,3H3. The van der Waals surface area contributed by atoms with Crippen molar-refractivity contribution in [2.45, 2.75) is 58.3 Å². The Labute approximate surface area is 108 Å². The molecule has 100 valence electrons. The second-order valence-electron chi connectivity index (χ2n) is 4.82. The minimum absolute atomic E-state index is 0.784. The average Bonchev–Trinajstić information content (AvgIpc) is 2.33. The molecule has 0 aliphatic heterocycles. The van der Waals surface area contributed by atoms with Gasteiger partial charge in [-0.05, 0) is 44.7 Å². The Morgan fingerprint density at radius 3 is 2.12 bits per heavy atom. The SMILES string of the molecule is C=CCC(CC=C)CCCCCCCNCC. The van der Waals surface area contributed by atoms with Crippen molar-refractivity contribution in [3.8, 4) is 0 Å². The molecule has 0 rings (SSSR count). The van der Waals surface area contributed by atoms with E-state index in [-0.39, 0.29) is 0 Å². The normalized spacial score (nSPS) is 10.7. The third-order valence-corrected chi connectivity index (χ3v) is 3.22. The van der Waals surface area contributed by atoms with Gasteiger partial charge in [-0.2, -0.15) is 0 Å². The quantitative estimate of drug-likeness (QED) is 0.361. The fourth-order valence-corrected chi connectivity index (χ4v) is 2.19. The molecule has 0 saturated carbocycles. The Hall–Kier alpha value is -0.560. The summed E-state index contributed by atoms with van der Waals surface area (Å²) in [7, 11) is 0. The van der Waals surface area contributed by atoms with Crippen molar-refractivity contribution >= 4 is 0 Å². The Morgan fingerprint density at radius 1 is 0.941 bits per heavy atom. The predicted molar refractivity (Wildman–Crippen MR) is 79.4 cm³/mol. The Balaban J connectivity index is 3.29. The van der Waals surface area contributed by atoms with Crippen LogP contribution in [0.2, 0.25) is 0 Å². The second kappa shape index (κ2) is 13.5. The van der Waals surface area contributed by atoms with Crippen LogP contribution in [0.4, 0.5) is 0 Å². The number of nitrogens with one attached hydrogen (secondary N) is 1. The summed E-state index contributed by atoms with van der Waals surface area (Å²) in [4.78, 5) is 0. The molecule has 0 amide bonds. The molecule has 0 fully saturated rings. The topological polar surface area (TPSA) is 12.0 Å². The molecule has 1 heteroatoms. The maximum Gasteiger partial charge on any atom is -0.00490 e. The minimum atomic E-state index is 0.784. The lowest BCUT2D eigenvalue weighted by Gasteiger charge is -2.12. The zero-order chi connectivity index (χ0) is 12.8. The van der Waals surface area contributed by atoms with Crippen molar-refractivity contribution in [3.63, 3.8) is 0 Å². The van der Waals surface area contributed by atoms with Gasteiger partial charge in [0.25, 0.3) is 0 Å². The zero-order valence-electron chi connectivity index (χ0n) is 11.7. The van der Waals surface area contributed by atoms with Gasteiger partial charge >= 0.3 is 0 Å². The van der Waals surface area contributed by atoms with Gasteiger partial charge in [0.15, 0.2) is 0 Å². The molecular formula is C16H31N. The molecule has 0 aliphatic rings. The minimum Gasteiger partial charge on any atom is -0.317 e. The summed E-state index contributed by atoms with van der Waals surface area (Å²) in [5.41, 5.74) is 0. The molecular weight excluding hydrogens is 206 g/mol. The molecule has 0 spiro atoms. The zero-order valence-corrected chi connectivity index (χ0v) is 11.7. The predicted octanol–water partition coefficient (Wildman–Crippen LogP) is 4.70. The van der Waals surface area contributed by atoms with Crippen LogP contribution in [0.25, 0.3) is 0 Å². The summed E-state index contributed by atoms with van der Waals surface area (Å²) in [6.45, 7) is 12.1. The van der Waals surface area contributed by atoms with E-state index >= 15 is 0 Å². The maximum absolute atomic E-state index is 3.83. The maximum atomic E-state index is 3.83. The van der Waals surface area contributed by atoms with Gasteiger partial charge in [0.2, 0.25) is 0 Å². The third kappa shape index (κ3) is 11.7. The van der Waals surface area contributed by atoms with Crippen LogP contribution in [0.15, 0.2) is 25.3 Å². The average molecular weight is 237 g/mol. The van der Waals surface area contributed by atoms with Crippen LogP contribution in [0.3, 0.4) is 0 Å². The number of allylic oxidation sites excluding steroid dienone is 2. The van der Waals surface area contributed by atoms with E-state index in [1.165, 1.54) is 45.1 Å². The molecule has 1 N–H and O–H groups in total. The molecule has 0 bridgehead atoms. The highest BCUT2D eigenvalue weighted by Gasteiger charge is 2.04. The molecule has 0 unspecified atom stereocenters. The van der Waals surface area contributed by atoms with Crippen LogP contribution in [-0.4, -0.2) is 13.1 Å². The van der Waals surface area contributed by atoms with Crippen LogP contribution in [0, 0.1) is 5.92 Å². The van der Waals surface area contributed by atoms with Gasteiger partial charge in [0.1, 0.15) is 0 Å². The summed E-state index contributed by atoms with van der Waals surface area (Å²) < 4.78 is 0. The monoisotopic (exact) mass is 237 g/mol. The van der Waals surface area contributed by atoms with Crippen LogP contribution < -0.4 is 5.32 Å².